The van der Waals surface area contributed by atoms with Crippen LogP contribution in [0.15, 0.2) is 48.8 Å². The molecule has 24 heavy (non-hydrogen) atoms. The summed E-state index contributed by atoms with van der Waals surface area (Å²) in [5.41, 5.74) is 4.95. The Morgan fingerprint density at radius 1 is 1.21 bits per heavy atom. The Balaban J connectivity index is 1.58. The number of nitrogens with one attached hydrogen (secondary N) is 1. The van der Waals surface area contributed by atoms with Gasteiger partial charge in [-0.2, -0.15) is 5.10 Å². The van der Waals surface area contributed by atoms with Gasteiger partial charge in [0.1, 0.15) is 0 Å². The van der Waals surface area contributed by atoms with Crippen molar-refractivity contribution in [2.45, 2.75) is 20.3 Å². The van der Waals surface area contributed by atoms with E-state index in [9.17, 15) is 4.79 Å². The molecule has 0 spiro atoms. The predicted molar refractivity (Wildman–Crippen MR) is 94.5 cm³/mol. The van der Waals surface area contributed by atoms with Crippen molar-refractivity contribution in [2.24, 2.45) is 7.05 Å². The van der Waals surface area contributed by atoms with Crippen molar-refractivity contribution in [3.63, 3.8) is 0 Å². The number of amides is 1. The first-order valence-corrected chi connectivity index (χ1v) is 8.06. The van der Waals surface area contributed by atoms with Crippen LogP contribution in [0.2, 0.25) is 0 Å². The minimum atomic E-state index is -0.0216. The van der Waals surface area contributed by atoms with Crippen LogP contribution in [0.3, 0.4) is 0 Å². The summed E-state index contributed by atoms with van der Waals surface area (Å²) in [5, 5.41) is 7.36. The van der Waals surface area contributed by atoms with Gasteiger partial charge < -0.3 is 9.88 Å². The summed E-state index contributed by atoms with van der Waals surface area (Å²) < 4.78 is 3.88. The van der Waals surface area contributed by atoms with Crippen molar-refractivity contribution < 1.29 is 4.79 Å². The highest BCUT2D eigenvalue weighted by molar-refractivity contribution is 5.95. The van der Waals surface area contributed by atoms with Crippen LogP contribution in [0.5, 0.6) is 0 Å². The lowest BCUT2D eigenvalue weighted by atomic mass is 10.2. The summed E-state index contributed by atoms with van der Waals surface area (Å²) in [6, 6.07) is 11.9. The number of carbonyl (C=O) groups is 1. The minimum absolute atomic E-state index is 0.0216. The molecule has 5 nitrogen and oxygen atoms in total. The topological polar surface area (TPSA) is 51.9 Å². The second-order valence-electron chi connectivity index (χ2n) is 5.98. The molecule has 124 valence electrons. The molecule has 0 unspecified atom stereocenters. The van der Waals surface area contributed by atoms with Gasteiger partial charge in [-0.25, -0.2) is 4.68 Å². The molecule has 0 saturated heterocycles. The molecule has 0 aliphatic rings. The van der Waals surface area contributed by atoms with E-state index in [2.05, 4.69) is 10.4 Å². The van der Waals surface area contributed by atoms with Crippen molar-refractivity contribution in [1.29, 1.82) is 0 Å². The second kappa shape index (κ2) is 6.74. The first kappa shape index (κ1) is 16.1. The molecule has 0 radical (unpaired) electrons. The Morgan fingerprint density at radius 2 is 1.96 bits per heavy atom. The molecule has 0 bridgehead atoms. The number of carbonyl (C=O) groups excluding carboxylic acids is 1. The van der Waals surface area contributed by atoms with Gasteiger partial charge >= 0.3 is 0 Å². The Labute approximate surface area is 141 Å². The SMILES string of the molecule is Cc1cc(C(=O)NCCc2cnn(-c3ccccc3)c2)c(C)n1C. The van der Waals surface area contributed by atoms with Crippen LogP contribution in [0, 0.1) is 13.8 Å². The third-order valence-electron chi connectivity index (χ3n) is 4.38. The molecule has 1 amide bonds. The largest absolute Gasteiger partial charge is 0.352 e. The third-order valence-corrected chi connectivity index (χ3v) is 4.38. The molecule has 2 heterocycles. The quantitative estimate of drug-likeness (QED) is 0.785. The molecule has 5 heteroatoms. The monoisotopic (exact) mass is 322 g/mol. The molecule has 0 atom stereocenters. The first-order valence-electron chi connectivity index (χ1n) is 8.06. The summed E-state index contributed by atoms with van der Waals surface area (Å²) in [4.78, 5) is 12.3. The summed E-state index contributed by atoms with van der Waals surface area (Å²) in [7, 11) is 1.97. The van der Waals surface area contributed by atoms with E-state index in [4.69, 9.17) is 0 Å². The molecule has 0 saturated carbocycles. The van der Waals surface area contributed by atoms with E-state index in [1.807, 2.05) is 78.9 Å². The zero-order chi connectivity index (χ0) is 17.1. The van der Waals surface area contributed by atoms with Gasteiger partial charge in [0.15, 0.2) is 0 Å². The van der Waals surface area contributed by atoms with Crippen molar-refractivity contribution in [1.82, 2.24) is 19.7 Å². The van der Waals surface area contributed by atoms with Crippen molar-refractivity contribution in [2.75, 3.05) is 6.54 Å². The van der Waals surface area contributed by atoms with Gasteiger partial charge in [0.2, 0.25) is 0 Å². The van der Waals surface area contributed by atoms with Gasteiger partial charge in [0, 0.05) is 31.2 Å². The fraction of sp³-hybridized carbons (Fsp3) is 0.263. The Hall–Kier alpha value is -2.82. The average molecular weight is 322 g/mol. The highest BCUT2D eigenvalue weighted by Gasteiger charge is 2.13. The van der Waals surface area contributed by atoms with Crippen molar-refractivity contribution >= 4 is 5.91 Å². The molecule has 1 aromatic carbocycles. The highest BCUT2D eigenvalue weighted by atomic mass is 16.1. The Morgan fingerprint density at radius 3 is 2.62 bits per heavy atom. The van der Waals surface area contributed by atoms with E-state index < -0.39 is 0 Å². The van der Waals surface area contributed by atoms with Crippen molar-refractivity contribution in [3.05, 3.63) is 71.3 Å². The highest BCUT2D eigenvalue weighted by Crippen LogP contribution is 2.13. The zero-order valence-corrected chi connectivity index (χ0v) is 14.3. The van der Waals surface area contributed by atoms with E-state index in [0.29, 0.717) is 6.54 Å². The predicted octanol–water partition coefficient (Wildman–Crippen LogP) is 2.80. The maximum Gasteiger partial charge on any atom is 0.253 e. The number of aromatic nitrogens is 3. The van der Waals surface area contributed by atoms with E-state index in [1.54, 1.807) is 0 Å². The van der Waals surface area contributed by atoms with E-state index in [1.165, 1.54) is 0 Å². The van der Waals surface area contributed by atoms with Crippen LogP contribution in [0.1, 0.15) is 27.3 Å². The first-order chi connectivity index (χ1) is 11.6. The summed E-state index contributed by atoms with van der Waals surface area (Å²) in [6.45, 7) is 4.56. The van der Waals surface area contributed by atoms with E-state index in [-0.39, 0.29) is 5.91 Å². The average Bonchev–Trinajstić information content (AvgIpc) is 3.16. The number of nitrogens with zero attached hydrogens (tertiary/aromatic N) is 3. The molecule has 0 aliphatic carbocycles. The van der Waals surface area contributed by atoms with Crippen LogP contribution in [-0.4, -0.2) is 26.8 Å². The summed E-state index contributed by atoms with van der Waals surface area (Å²) in [6.07, 6.45) is 4.60. The lowest BCUT2D eigenvalue weighted by Gasteiger charge is -2.05. The molecular weight excluding hydrogens is 300 g/mol. The van der Waals surface area contributed by atoms with Gasteiger partial charge in [-0.3, -0.25) is 4.79 Å². The van der Waals surface area contributed by atoms with Crippen LogP contribution >= 0.6 is 0 Å². The van der Waals surface area contributed by atoms with Gasteiger partial charge in [0.05, 0.1) is 17.4 Å². The zero-order valence-electron chi connectivity index (χ0n) is 14.3. The number of rotatable bonds is 5. The standard InChI is InChI=1S/C19H22N4O/c1-14-11-18(15(2)22(14)3)19(24)20-10-9-16-12-21-23(13-16)17-7-5-4-6-8-17/h4-8,11-13H,9-10H2,1-3H3,(H,20,24). The number of benzene rings is 1. The van der Waals surface area contributed by atoms with E-state index in [0.717, 1.165) is 34.6 Å². The van der Waals surface area contributed by atoms with Gasteiger partial charge in [-0.15, -0.1) is 0 Å². The van der Waals surface area contributed by atoms with Gasteiger partial charge in [0.25, 0.3) is 5.91 Å². The maximum absolute atomic E-state index is 12.3. The Bertz CT molecular complexity index is 846. The Kier molecular flexibility index (Phi) is 4.51. The van der Waals surface area contributed by atoms with Gasteiger partial charge in [-0.05, 0) is 44.0 Å². The van der Waals surface area contributed by atoms with Crippen molar-refractivity contribution in [3.8, 4) is 5.69 Å². The fourth-order valence-corrected chi connectivity index (χ4v) is 2.71. The summed E-state index contributed by atoms with van der Waals surface area (Å²) in [5.74, 6) is -0.0216. The lowest BCUT2D eigenvalue weighted by molar-refractivity contribution is 0.0953. The fourth-order valence-electron chi connectivity index (χ4n) is 2.71. The molecule has 0 aliphatic heterocycles. The maximum atomic E-state index is 12.3. The summed E-state index contributed by atoms with van der Waals surface area (Å²) >= 11 is 0. The number of para-hydroxylation sites is 1. The van der Waals surface area contributed by atoms with Crippen LogP contribution in [0.4, 0.5) is 0 Å². The molecule has 2 aromatic heterocycles. The molecule has 0 fully saturated rings. The number of hydrogen-bond acceptors (Lipinski definition) is 2. The van der Waals surface area contributed by atoms with E-state index >= 15 is 0 Å². The molecule has 3 aromatic rings. The molecule has 3 rings (SSSR count). The van der Waals surface area contributed by atoms with Crippen LogP contribution in [-0.2, 0) is 13.5 Å². The molecular formula is C19H22N4O. The van der Waals surface area contributed by atoms with Gasteiger partial charge in [-0.1, -0.05) is 18.2 Å². The smallest absolute Gasteiger partial charge is 0.253 e. The van der Waals surface area contributed by atoms with Crippen LogP contribution < -0.4 is 5.32 Å². The third kappa shape index (κ3) is 3.25. The normalized spacial score (nSPS) is 10.8. The number of aryl methyl sites for hydroxylation is 1. The minimum Gasteiger partial charge on any atom is -0.352 e. The second-order valence-corrected chi connectivity index (χ2v) is 5.98. The number of hydrogen-bond donors (Lipinski definition) is 1. The molecule has 1 N–H and O–H groups in total. The lowest BCUT2D eigenvalue weighted by Crippen LogP contribution is -2.26. The van der Waals surface area contributed by atoms with Crippen LogP contribution in [0.25, 0.3) is 5.69 Å².